The van der Waals surface area contributed by atoms with E-state index in [1.54, 1.807) is 4.90 Å². The molecule has 0 aromatic rings. The molecule has 0 bridgehead atoms. The normalized spacial score (nSPS) is 24.3. The van der Waals surface area contributed by atoms with Crippen molar-refractivity contribution in [2.75, 3.05) is 20.2 Å². The van der Waals surface area contributed by atoms with E-state index >= 15 is 0 Å². The van der Waals surface area contributed by atoms with Gasteiger partial charge in [-0.25, -0.2) is 4.79 Å². The van der Waals surface area contributed by atoms with Crippen molar-refractivity contribution >= 4 is 12.0 Å². The van der Waals surface area contributed by atoms with Crippen LogP contribution in [0.3, 0.4) is 0 Å². The maximum absolute atomic E-state index is 11.5. The molecule has 1 saturated heterocycles. The van der Waals surface area contributed by atoms with Crippen LogP contribution in [0.1, 0.15) is 33.1 Å². The first-order chi connectivity index (χ1) is 8.06. The van der Waals surface area contributed by atoms with Crippen molar-refractivity contribution in [2.24, 2.45) is 5.92 Å². The molecular weight excluding hydrogens is 220 g/mol. The van der Waals surface area contributed by atoms with E-state index in [-0.39, 0.29) is 18.0 Å². The van der Waals surface area contributed by atoms with E-state index in [0.717, 1.165) is 25.8 Å². The average molecular weight is 242 g/mol. The number of hydrogen-bond donors (Lipinski definition) is 1. The van der Waals surface area contributed by atoms with Crippen molar-refractivity contribution in [2.45, 2.75) is 39.2 Å². The number of likely N-dealkylation sites (tertiary alicyclic amines) is 1. The van der Waals surface area contributed by atoms with E-state index in [0.29, 0.717) is 12.5 Å². The number of carbonyl (C=O) groups is 2. The number of carbonyl (C=O) groups excluding carboxylic acids is 2. The van der Waals surface area contributed by atoms with Gasteiger partial charge in [-0.05, 0) is 18.8 Å². The van der Waals surface area contributed by atoms with Crippen LogP contribution in [-0.2, 0) is 9.53 Å². The first-order valence-corrected chi connectivity index (χ1v) is 6.16. The van der Waals surface area contributed by atoms with Gasteiger partial charge in [0.25, 0.3) is 0 Å². The van der Waals surface area contributed by atoms with Crippen LogP contribution in [-0.4, -0.2) is 43.1 Å². The Hall–Kier alpha value is -1.26. The van der Waals surface area contributed by atoms with Gasteiger partial charge in [0.1, 0.15) is 0 Å². The highest BCUT2D eigenvalue weighted by Gasteiger charge is 2.30. The summed E-state index contributed by atoms with van der Waals surface area (Å²) in [5.74, 6) is 0.404. The second kappa shape index (κ2) is 6.47. The predicted molar refractivity (Wildman–Crippen MR) is 64.6 cm³/mol. The fourth-order valence-electron chi connectivity index (χ4n) is 2.49. The first-order valence-electron chi connectivity index (χ1n) is 6.16. The Kier molecular flexibility index (Phi) is 5.25. The maximum Gasteiger partial charge on any atom is 0.409 e. The lowest BCUT2D eigenvalue weighted by atomic mass is 9.91. The summed E-state index contributed by atoms with van der Waals surface area (Å²) in [6, 6.07) is 0.0527. The van der Waals surface area contributed by atoms with Crippen LogP contribution in [0.15, 0.2) is 0 Å². The zero-order valence-corrected chi connectivity index (χ0v) is 10.9. The Morgan fingerprint density at radius 2 is 2.12 bits per heavy atom. The van der Waals surface area contributed by atoms with Crippen molar-refractivity contribution in [3.05, 3.63) is 0 Å². The molecule has 1 fully saturated rings. The summed E-state index contributed by atoms with van der Waals surface area (Å²) in [7, 11) is 1.39. The molecule has 0 aromatic carbocycles. The van der Waals surface area contributed by atoms with Crippen LogP contribution in [0.5, 0.6) is 0 Å². The number of rotatable bonds is 3. The van der Waals surface area contributed by atoms with Gasteiger partial charge in [-0.2, -0.15) is 0 Å². The Morgan fingerprint density at radius 1 is 1.41 bits per heavy atom. The quantitative estimate of drug-likeness (QED) is 0.813. The largest absolute Gasteiger partial charge is 0.453 e. The molecule has 98 valence electrons. The topological polar surface area (TPSA) is 58.6 Å². The number of nitrogens with one attached hydrogen (secondary N) is 1. The van der Waals surface area contributed by atoms with Crippen LogP contribution in [0.4, 0.5) is 4.79 Å². The van der Waals surface area contributed by atoms with Gasteiger partial charge in [0.15, 0.2) is 0 Å². The van der Waals surface area contributed by atoms with E-state index in [9.17, 15) is 9.59 Å². The third kappa shape index (κ3) is 4.24. The zero-order valence-electron chi connectivity index (χ0n) is 10.9. The minimum Gasteiger partial charge on any atom is -0.453 e. The smallest absolute Gasteiger partial charge is 0.409 e. The molecule has 0 radical (unpaired) electrons. The van der Waals surface area contributed by atoms with Crippen molar-refractivity contribution in [3.63, 3.8) is 0 Å². The van der Waals surface area contributed by atoms with Gasteiger partial charge in [-0.15, -0.1) is 0 Å². The fourth-order valence-corrected chi connectivity index (χ4v) is 2.49. The molecule has 2 atom stereocenters. The number of nitrogens with zero attached hydrogens (tertiary/aromatic N) is 1. The van der Waals surface area contributed by atoms with E-state index in [4.69, 9.17) is 4.74 Å². The van der Waals surface area contributed by atoms with Crippen LogP contribution >= 0.6 is 0 Å². The molecule has 1 aliphatic heterocycles. The van der Waals surface area contributed by atoms with Crippen molar-refractivity contribution in [1.29, 1.82) is 0 Å². The maximum atomic E-state index is 11.5. The number of piperidine rings is 1. The molecule has 1 N–H and O–H groups in total. The average Bonchev–Trinajstić information content (AvgIpc) is 2.27. The highest BCUT2D eigenvalue weighted by Crippen LogP contribution is 2.21. The molecule has 2 amide bonds. The summed E-state index contributed by atoms with van der Waals surface area (Å²) in [5.41, 5.74) is 0. The summed E-state index contributed by atoms with van der Waals surface area (Å²) in [6.45, 7) is 4.92. The lowest BCUT2D eigenvalue weighted by Crippen LogP contribution is -2.52. The molecule has 0 aromatic heterocycles. The molecule has 17 heavy (non-hydrogen) atoms. The van der Waals surface area contributed by atoms with Gasteiger partial charge in [-0.1, -0.05) is 13.3 Å². The highest BCUT2D eigenvalue weighted by molar-refractivity contribution is 5.73. The zero-order chi connectivity index (χ0) is 12.8. The van der Waals surface area contributed by atoms with Gasteiger partial charge in [0.05, 0.1) is 7.11 Å². The molecule has 5 heteroatoms. The fraction of sp³-hybridized carbons (Fsp3) is 0.833. The monoisotopic (exact) mass is 242 g/mol. The molecule has 5 nitrogen and oxygen atoms in total. The van der Waals surface area contributed by atoms with E-state index in [1.807, 2.05) is 0 Å². The van der Waals surface area contributed by atoms with Crippen molar-refractivity contribution in [1.82, 2.24) is 10.2 Å². The number of ether oxygens (including phenoxy) is 1. The molecule has 0 aliphatic carbocycles. The lowest BCUT2D eigenvalue weighted by molar-refractivity contribution is -0.120. The number of hydrogen-bond acceptors (Lipinski definition) is 3. The van der Waals surface area contributed by atoms with E-state index < -0.39 is 0 Å². The second-order valence-corrected chi connectivity index (χ2v) is 4.66. The standard InChI is InChI=1S/C12H22N2O3/c1-4-5-10-6-11(13-9(2)15)8-14(7-10)12(16)17-3/h10-11H,4-8H2,1-3H3,(H,13,15). The van der Waals surface area contributed by atoms with E-state index in [1.165, 1.54) is 14.0 Å². The van der Waals surface area contributed by atoms with Gasteiger partial charge in [-0.3, -0.25) is 4.79 Å². The second-order valence-electron chi connectivity index (χ2n) is 4.66. The third-order valence-corrected chi connectivity index (χ3v) is 3.07. The van der Waals surface area contributed by atoms with Crippen LogP contribution in [0.25, 0.3) is 0 Å². The Morgan fingerprint density at radius 3 is 2.65 bits per heavy atom. The SMILES string of the molecule is CCCC1CC(NC(C)=O)CN(C(=O)OC)C1. The number of amides is 2. The summed E-state index contributed by atoms with van der Waals surface area (Å²) in [6.07, 6.45) is 2.80. The van der Waals surface area contributed by atoms with Gasteiger partial charge in [0, 0.05) is 26.1 Å². The molecule has 0 saturated carbocycles. The van der Waals surface area contributed by atoms with Gasteiger partial charge >= 0.3 is 6.09 Å². The summed E-state index contributed by atoms with van der Waals surface area (Å²) < 4.78 is 4.74. The molecular formula is C12H22N2O3. The highest BCUT2D eigenvalue weighted by atomic mass is 16.5. The predicted octanol–water partition coefficient (Wildman–Crippen LogP) is 1.38. The molecule has 1 rings (SSSR count). The van der Waals surface area contributed by atoms with E-state index in [2.05, 4.69) is 12.2 Å². The molecule has 1 aliphatic rings. The molecule has 0 spiro atoms. The molecule has 2 unspecified atom stereocenters. The summed E-state index contributed by atoms with van der Waals surface area (Å²) in [4.78, 5) is 24.3. The van der Waals surface area contributed by atoms with Crippen LogP contribution in [0, 0.1) is 5.92 Å². The minimum atomic E-state index is -0.304. The lowest BCUT2D eigenvalue weighted by Gasteiger charge is -2.37. The summed E-state index contributed by atoms with van der Waals surface area (Å²) >= 11 is 0. The minimum absolute atomic E-state index is 0.0445. The Bertz CT molecular complexity index is 281. The Labute approximate surface area is 102 Å². The third-order valence-electron chi connectivity index (χ3n) is 3.07. The summed E-state index contributed by atoms with van der Waals surface area (Å²) in [5, 5.41) is 2.89. The van der Waals surface area contributed by atoms with Crippen molar-refractivity contribution < 1.29 is 14.3 Å². The first kappa shape index (κ1) is 13.8. The van der Waals surface area contributed by atoms with Crippen molar-refractivity contribution in [3.8, 4) is 0 Å². The molecule has 1 heterocycles. The van der Waals surface area contributed by atoms with Gasteiger partial charge in [0.2, 0.25) is 5.91 Å². The van der Waals surface area contributed by atoms with Crippen LogP contribution < -0.4 is 5.32 Å². The number of methoxy groups -OCH3 is 1. The Balaban J connectivity index is 2.61. The van der Waals surface area contributed by atoms with Crippen LogP contribution in [0.2, 0.25) is 0 Å². The van der Waals surface area contributed by atoms with Gasteiger partial charge < -0.3 is 15.0 Å².